The summed E-state index contributed by atoms with van der Waals surface area (Å²) in [6, 6.07) is 4.62. The molecule has 0 bridgehead atoms. The van der Waals surface area contributed by atoms with E-state index in [1.807, 2.05) is 13.8 Å². The van der Waals surface area contributed by atoms with Crippen LogP contribution in [0.15, 0.2) is 23.1 Å². The molecule has 1 fully saturated rings. The molecule has 0 N–H and O–H groups in total. The highest BCUT2D eigenvalue weighted by Gasteiger charge is 2.31. The van der Waals surface area contributed by atoms with Crippen LogP contribution in [0.1, 0.15) is 13.8 Å². The van der Waals surface area contributed by atoms with E-state index in [2.05, 4.69) is 0 Å². The fourth-order valence-electron chi connectivity index (χ4n) is 2.70. The second kappa shape index (κ2) is 6.01. The van der Waals surface area contributed by atoms with Gasteiger partial charge in [0.2, 0.25) is 22.7 Å². The van der Waals surface area contributed by atoms with Crippen LogP contribution >= 0.6 is 0 Å². The van der Waals surface area contributed by atoms with Gasteiger partial charge >= 0.3 is 0 Å². The zero-order valence-electron chi connectivity index (χ0n) is 13.2. The minimum Gasteiger partial charge on any atom is -0.454 e. The van der Waals surface area contributed by atoms with E-state index in [1.54, 1.807) is 11.0 Å². The first kappa shape index (κ1) is 16.1. The molecule has 23 heavy (non-hydrogen) atoms. The molecule has 2 aliphatic heterocycles. The van der Waals surface area contributed by atoms with E-state index in [9.17, 15) is 13.2 Å². The number of benzene rings is 1. The van der Waals surface area contributed by atoms with Crippen LogP contribution in [0, 0.1) is 5.92 Å². The van der Waals surface area contributed by atoms with Crippen molar-refractivity contribution in [1.82, 2.24) is 9.21 Å². The summed E-state index contributed by atoms with van der Waals surface area (Å²) in [6.07, 6.45) is 0. The van der Waals surface area contributed by atoms with E-state index >= 15 is 0 Å². The molecule has 1 saturated heterocycles. The molecule has 126 valence electrons. The number of hydrogen-bond donors (Lipinski definition) is 0. The molecule has 8 heteroatoms. The number of sulfonamides is 1. The number of amides is 1. The quantitative estimate of drug-likeness (QED) is 0.817. The lowest BCUT2D eigenvalue weighted by atomic mass is 10.2. The molecule has 3 rings (SSSR count). The molecule has 1 amide bonds. The van der Waals surface area contributed by atoms with Crippen LogP contribution in [0.25, 0.3) is 0 Å². The van der Waals surface area contributed by atoms with Crippen LogP contribution in [0.2, 0.25) is 0 Å². The summed E-state index contributed by atoms with van der Waals surface area (Å²) in [7, 11) is -3.59. The largest absolute Gasteiger partial charge is 0.454 e. The highest BCUT2D eigenvalue weighted by atomic mass is 32.2. The van der Waals surface area contributed by atoms with Crippen molar-refractivity contribution >= 4 is 15.9 Å². The molecule has 0 radical (unpaired) electrons. The molecule has 0 saturated carbocycles. The predicted molar refractivity (Wildman–Crippen MR) is 82.7 cm³/mol. The number of piperazine rings is 1. The van der Waals surface area contributed by atoms with E-state index < -0.39 is 10.0 Å². The van der Waals surface area contributed by atoms with Crippen molar-refractivity contribution in [3.05, 3.63) is 18.2 Å². The number of nitrogens with zero attached hydrogens (tertiary/aromatic N) is 2. The van der Waals surface area contributed by atoms with Crippen molar-refractivity contribution in [2.75, 3.05) is 33.0 Å². The third-order valence-electron chi connectivity index (χ3n) is 4.03. The summed E-state index contributed by atoms with van der Waals surface area (Å²) in [5.74, 6) is 0.980. The minimum absolute atomic E-state index is 0.0603. The summed E-state index contributed by atoms with van der Waals surface area (Å²) in [5.41, 5.74) is 0. The summed E-state index contributed by atoms with van der Waals surface area (Å²) in [6.45, 7) is 5.23. The molecular weight excluding hydrogens is 320 g/mol. The number of carbonyl (C=O) groups is 1. The Morgan fingerprint density at radius 1 is 1.09 bits per heavy atom. The van der Waals surface area contributed by atoms with Crippen LogP contribution in [-0.4, -0.2) is 56.5 Å². The molecule has 1 aromatic rings. The van der Waals surface area contributed by atoms with Crippen molar-refractivity contribution in [1.29, 1.82) is 0 Å². The molecule has 7 nitrogen and oxygen atoms in total. The number of hydrogen-bond acceptors (Lipinski definition) is 5. The third-order valence-corrected chi connectivity index (χ3v) is 5.92. The van der Waals surface area contributed by atoms with Crippen molar-refractivity contribution < 1.29 is 22.7 Å². The molecule has 0 aliphatic carbocycles. The van der Waals surface area contributed by atoms with Gasteiger partial charge in [-0.1, -0.05) is 13.8 Å². The molecule has 1 aromatic carbocycles. The van der Waals surface area contributed by atoms with Crippen molar-refractivity contribution in [2.45, 2.75) is 18.7 Å². The smallest absolute Gasteiger partial charge is 0.243 e. The first-order valence-corrected chi connectivity index (χ1v) is 9.02. The SMILES string of the molecule is CC(C)C(=O)N1CCN(S(=O)(=O)c2ccc3c(c2)OCO3)CC1. The van der Waals surface area contributed by atoms with Gasteiger partial charge in [0.05, 0.1) is 4.90 Å². The molecule has 2 heterocycles. The van der Waals surface area contributed by atoms with Crippen LogP contribution < -0.4 is 9.47 Å². The van der Waals surface area contributed by atoms with Crippen molar-refractivity contribution in [3.8, 4) is 11.5 Å². The maximum atomic E-state index is 12.7. The Balaban J connectivity index is 1.73. The Hall–Kier alpha value is -1.80. The fraction of sp³-hybridized carbons (Fsp3) is 0.533. The van der Waals surface area contributed by atoms with E-state index in [1.165, 1.54) is 16.4 Å². The maximum Gasteiger partial charge on any atom is 0.243 e. The van der Waals surface area contributed by atoms with Crippen molar-refractivity contribution in [3.63, 3.8) is 0 Å². The van der Waals surface area contributed by atoms with Gasteiger partial charge in [0.25, 0.3) is 0 Å². The monoisotopic (exact) mass is 340 g/mol. The second-order valence-electron chi connectivity index (χ2n) is 5.90. The molecular formula is C15H20N2O5S. The van der Waals surface area contributed by atoms with E-state index in [0.717, 1.165) is 0 Å². The third kappa shape index (κ3) is 3.00. The van der Waals surface area contributed by atoms with Gasteiger partial charge in [-0.05, 0) is 12.1 Å². The molecule has 0 atom stereocenters. The lowest BCUT2D eigenvalue weighted by molar-refractivity contribution is -0.135. The van der Waals surface area contributed by atoms with Gasteiger partial charge in [-0.3, -0.25) is 4.79 Å². The van der Waals surface area contributed by atoms with Crippen LogP contribution in [0.5, 0.6) is 11.5 Å². The average molecular weight is 340 g/mol. The minimum atomic E-state index is -3.59. The van der Waals surface area contributed by atoms with Gasteiger partial charge in [0, 0.05) is 38.2 Å². The van der Waals surface area contributed by atoms with Gasteiger partial charge in [-0.25, -0.2) is 8.42 Å². The maximum absolute atomic E-state index is 12.7. The highest BCUT2D eigenvalue weighted by Crippen LogP contribution is 2.34. The number of fused-ring (bicyclic) bond motifs is 1. The molecule has 0 unspecified atom stereocenters. The Labute approximate surface area is 135 Å². The zero-order valence-corrected chi connectivity index (χ0v) is 14.0. The van der Waals surface area contributed by atoms with Gasteiger partial charge < -0.3 is 14.4 Å². The van der Waals surface area contributed by atoms with Crippen LogP contribution in [-0.2, 0) is 14.8 Å². The van der Waals surface area contributed by atoms with Crippen molar-refractivity contribution in [2.24, 2.45) is 5.92 Å². The summed E-state index contributed by atoms with van der Waals surface area (Å²) in [5, 5.41) is 0. The summed E-state index contributed by atoms with van der Waals surface area (Å²) in [4.78, 5) is 13.9. The van der Waals surface area contributed by atoms with Gasteiger partial charge in [0.15, 0.2) is 11.5 Å². The van der Waals surface area contributed by atoms with E-state index in [4.69, 9.17) is 9.47 Å². The second-order valence-corrected chi connectivity index (χ2v) is 7.84. The number of rotatable bonds is 3. The standard InChI is InChI=1S/C15H20N2O5S/c1-11(2)15(18)16-5-7-17(8-6-16)23(19,20)12-3-4-13-14(9-12)22-10-21-13/h3-4,9,11H,5-8,10H2,1-2H3. The van der Waals surface area contributed by atoms with Gasteiger partial charge in [-0.15, -0.1) is 0 Å². The summed E-state index contributed by atoms with van der Waals surface area (Å²) >= 11 is 0. The number of ether oxygens (including phenoxy) is 2. The number of carbonyl (C=O) groups excluding carboxylic acids is 1. The fourth-order valence-corrected chi connectivity index (χ4v) is 4.14. The Kier molecular flexibility index (Phi) is 4.20. The molecule has 0 aromatic heterocycles. The van der Waals surface area contributed by atoms with Crippen LogP contribution in [0.4, 0.5) is 0 Å². The highest BCUT2D eigenvalue weighted by molar-refractivity contribution is 7.89. The van der Waals surface area contributed by atoms with Crippen LogP contribution in [0.3, 0.4) is 0 Å². The normalized spacial score (nSPS) is 18.5. The average Bonchev–Trinajstić information content (AvgIpc) is 3.01. The Bertz CT molecular complexity index is 709. The Morgan fingerprint density at radius 3 is 2.39 bits per heavy atom. The van der Waals surface area contributed by atoms with E-state index in [-0.39, 0.29) is 23.5 Å². The Morgan fingerprint density at radius 2 is 1.74 bits per heavy atom. The first-order valence-electron chi connectivity index (χ1n) is 7.58. The lowest BCUT2D eigenvalue weighted by Crippen LogP contribution is -2.51. The first-order chi connectivity index (χ1) is 10.9. The van der Waals surface area contributed by atoms with Gasteiger partial charge in [0.1, 0.15) is 0 Å². The zero-order chi connectivity index (χ0) is 16.6. The van der Waals surface area contributed by atoms with Gasteiger partial charge in [-0.2, -0.15) is 4.31 Å². The topological polar surface area (TPSA) is 76.2 Å². The molecule has 2 aliphatic rings. The molecule has 0 spiro atoms. The van der Waals surface area contributed by atoms with E-state index in [0.29, 0.717) is 37.7 Å². The summed E-state index contributed by atoms with van der Waals surface area (Å²) < 4.78 is 37.3. The lowest BCUT2D eigenvalue weighted by Gasteiger charge is -2.34. The predicted octanol–water partition coefficient (Wildman–Crippen LogP) is 0.904.